The summed E-state index contributed by atoms with van der Waals surface area (Å²) in [4.78, 5) is 41.7. The van der Waals surface area contributed by atoms with Crippen LogP contribution in [0.5, 0.6) is 0 Å². The highest BCUT2D eigenvalue weighted by Crippen LogP contribution is 2.28. The average Bonchev–Trinajstić information content (AvgIpc) is 3.36. The zero-order valence-corrected chi connectivity index (χ0v) is 21.5. The largest absolute Gasteiger partial charge is 0.367 e. The molecule has 2 aliphatic heterocycles. The van der Waals surface area contributed by atoms with Crippen molar-refractivity contribution in [3.63, 3.8) is 0 Å². The number of carbonyl (C=O) groups excluding carboxylic acids is 2. The van der Waals surface area contributed by atoms with Gasteiger partial charge in [-0.3, -0.25) is 14.6 Å². The number of amides is 2. The highest BCUT2D eigenvalue weighted by molar-refractivity contribution is 6.42. The molecule has 0 radical (unpaired) electrons. The summed E-state index contributed by atoms with van der Waals surface area (Å²) in [7, 11) is 0. The van der Waals surface area contributed by atoms with E-state index in [1.54, 1.807) is 0 Å². The standard InChI is InChI=1S/C28H29ClN6O2/c1-19(36)30-11-12-31-27-21-17-23(20-7-3-2-4-8-20)32-24(21)18-25(33-27)28(37)35-15-13-34(14-16-35)26-10-6-5-9-22(26)29/h2-10,17,32H,11-16,18H2,1H3,(H,30,36). The Morgan fingerprint density at radius 1 is 1.05 bits per heavy atom. The maximum atomic E-state index is 13.5. The zero-order chi connectivity index (χ0) is 25.8. The second kappa shape index (κ2) is 11.0. The van der Waals surface area contributed by atoms with Crippen molar-refractivity contribution in [1.29, 1.82) is 0 Å². The minimum Gasteiger partial charge on any atom is -0.367 e. The van der Waals surface area contributed by atoms with Crippen molar-refractivity contribution in [2.45, 2.75) is 13.3 Å². The molecule has 0 atom stereocenters. The van der Waals surface area contributed by atoms with Gasteiger partial charge in [-0.25, -0.2) is 4.99 Å². The van der Waals surface area contributed by atoms with Crippen LogP contribution in [0.4, 0.5) is 5.69 Å². The van der Waals surface area contributed by atoms with Gasteiger partial charge in [0.05, 0.1) is 17.3 Å². The van der Waals surface area contributed by atoms with E-state index in [4.69, 9.17) is 16.6 Å². The molecule has 2 N–H and O–H groups in total. The quantitative estimate of drug-likeness (QED) is 0.490. The third-order valence-corrected chi connectivity index (χ3v) is 6.88. The number of nitrogens with zero attached hydrogens (tertiary/aromatic N) is 4. The smallest absolute Gasteiger partial charge is 0.268 e. The number of amidine groups is 1. The van der Waals surface area contributed by atoms with Gasteiger partial charge in [0.2, 0.25) is 5.91 Å². The van der Waals surface area contributed by atoms with E-state index in [9.17, 15) is 9.59 Å². The second-order valence-electron chi connectivity index (χ2n) is 9.10. The maximum Gasteiger partial charge on any atom is 0.268 e. The molecule has 8 nitrogen and oxygen atoms in total. The fraction of sp³-hybridized carbons (Fsp3) is 0.286. The number of halogens is 1. The van der Waals surface area contributed by atoms with Gasteiger partial charge in [0.15, 0.2) is 5.84 Å². The highest BCUT2D eigenvalue weighted by Gasteiger charge is 2.30. The average molecular weight is 517 g/mol. The Hall–Kier alpha value is -3.91. The molecular weight excluding hydrogens is 488 g/mol. The Kier molecular flexibility index (Phi) is 7.37. The number of hydrogen-bond donors (Lipinski definition) is 2. The summed E-state index contributed by atoms with van der Waals surface area (Å²) < 4.78 is 0. The SMILES string of the molecule is CC(=O)NCCN=C1N=C(C(=O)N2CCN(c3ccccc3Cl)CC2)Cc2[nH]c(-c3ccccc3)cc21. The molecule has 3 aromatic rings. The normalized spacial score (nSPS) is 16.4. The lowest BCUT2D eigenvalue weighted by atomic mass is 10.0. The number of aliphatic imine (C=N–C) groups is 2. The van der Waals surface area contributed by atoms with Gasteiger partial charge in [-0.2, -0.15) is 0 Å². The van der Waals surface area contributed by atoms with Crippen LogP contribution in [-0.4, -0.2) is 72.5 Å². The number of anilines is 1. The number of nitrogens with one attached hydrogen (secondary N) is 2. The molecule has 2 aromatic carbocycles. The minimum absolute atomic E-state index is 0.0742. The molecule has 0 spiro atoms. The number of hydrogen-bond acceptors (Lipinski definition) is 4. The van der Waals surface area contributed by atoms with Crippen LogP contribution in [0, 0.1) is 0 Å². The maximum absolute atomic E-state index is 13.5. The highest BCUT2D eigenvalue weighted by atomic mass is 35.5. The number of fused-ring (bicyclic) bond motifs is 1. The van der Waals surface area contributed by atoms with Gasteiger partial charge < -0.3 is 20.1 Å². The molecule has 2 aliphatic rings. The van der Waals surface area contributed by atoms with E-state index >= 15 is 0 Å². The summed E-state index contributed by atoms with van der Waals surface area (Å²) in [5, 5.41) is 3.47. The topological polar surface area (TPSA) is 93.2 Å². The Morgan fingerprint density at radius 2 is 1.78 bits per heavy atom. The third-order valence-electron chi connectivity index (χ3n) is 6.56. The number of aromatic nitrogens is 1. The Morgan fingerprint density at radius 3 is 2.51 bits per heavy atom. The van der Waals surface area contributed by atoms with E-state index in [0.717, 1.165) is 28.2 Å². The number of piperazine rings is 1. The van der Waals surface area contributed by atoms with Crippen LogP contribution in [0.3, 0.4) is 0 Å². The second-order valence-corrected chi connectivity index (χ2v) is 9.50. The van der Waals surface area contributed by atoms with E-state index in [1.165, 1.54) is 6.92 Å². The lowest BCUT2D eigenvalue weighted by Gasteiger charge is -2.36. The number of carbonyl (C=O) groups is 2. The van der Waals surface area contributed by atoms with Crippen molar-refractivity contribution in [1.82, 2.24) is 15.2 Å². The summed E-state index contributed by atoms with van der Waals surface area (Å²) >= 11 is 6.38. The molecule has 1 fully saturated rings. The molecule has 1 aromatic heterocycles. The number of aromatic amines is 1. The summed E-state index contributed by atoms with van der Waals surface area (Å²) in [5.74, 6) is 0.339. The minimum atomic E-state index is -0.104. The van der Waals surface area contributed by atoms with Gasteiger partial charge in [-0.1, -0.05) is 54.1 Å². The lowest BCUT2D eigenvalue weighted by Crippen LogP contribution is -2.51. The molecule has 0 bridgehead atoms. The monoisotopic (exact) mass is 516 g/mol. The van der Waals surface area contributed by atoms with Crippen LogP contribution < -0.4 is 10.2 Å². The van der Waals surface area contributed by atoms with Crippen LogP contribution in [0.15, 0.2) is 70.6 Å². The van der Waals surface area contributed by atoms with E-state index in [-0.39, 0.29) is 11.8 Å². The van der Waals surface area contributed by atoms with Crippen LogP contribution in [0.1, 0.15) is 18.2 Å². The van der Waals surface area contributed by atoms with Crippen LogP contribution in [0.25, 0.3) is 11.3 Å². The molecule has 0 aliphatic carbocycles. The van der Waals surface area contributed by atoms with E-state index in [2.05, 4.69) is 20.2 Å². The summed E-state index contributed by atoms with van der Waals surface area (Å²) in [6, 6.07) is 19.9. The van der Waals surface area contributed by atoms with Crippen molar-refractivity contribution in [2.75, 3.05) is 44.2 Å². The first-order valence-corrected chi connectivity index (χ1v) is 12.8. The number of rotatable bonds is 6. The number of para-hydroxylation sites is 1. The Balaban J connectivity index is 1.35. The summed E-state index contributed by atoms with van der Waals surface area (Å²) in [5.41, 5.74) is 5.28. The Labute approximate surface area is 221 Å². The van der Waals surface area contributed by atoms with E-state index in [0.29, 0.717) is 62.3 Å². The van der Waals surface area contributed by atoms with Crippen molar-refractivity contribution in [3.05, 3.63) is 76.9 Å². The van der Waals surface area contributed by atoms with E-state index < -0.39 is 0 Å². The van der Waals surface area contributed by atoms with Gasteiger partial charge in [0.25, 0.3) is 5.91 Å². The van der Waals surface area contributed by atoms with Gasteiger partial charge >= 0.3 is 0 Å². The molecule has 0 unspecified atom stereocenters. The summed E-state index contributed by atoms with van der Waals surface area (Å²) in [6.45, 7) is 4.84. The molecule has 5 rings (SSSR count). The molecule has 190 valence electrons. The molecular formula is C28H29ClN6O2. The van der Waals surface area contributed by atoms with Crippen molar-refractivity contribution in [2.24, 2.45) is 9.98 Å². The predicted octanol–water partition coefficient (Wildman–Crippen LogP) is 3.56. The number of benzene rings is 2. The lowest BCUT2D eigenvalue weighted by molar-refractivity contribution is -0.124. The summed E-state index contributed by atoms with van der Waals surface area (Å²) in [6.07, 6.45) is 0.413. The molecule has 2 amide bonds. The van der Waals surface area contributed by atoms with E-state index in [1.807, 2.05) is 65.6 Å². The number of H-pyrrole nitrogens is 1. The van der Waals surface area contributed by atoms with Gasteiger partial charge in [0, 0.05) is 63.0 Å². The predicted molar refractivity (Wildman–Crippen MR) is 148 cm³/mol. The first-order valence-electron chi connectivity index (χ1n) is 12.4. The van der Waals surface area contributed by atoms with Gasteiger partial charge in [0.1, 0.15) is 5.71 Å². The molecule has 37 heavy (non-hydrogen) atoms. The van der Waals surface area contributed by atoms with Crippen LogP contribution >= 0.6 is 11.6 Å². The van der Waals surface area contributed by atoms with Crippen LogP contribution in [-0.2, 0) is 16.0 Å². The van der Waals surface area contributed by atoms with Crippen molar-refractivity contribution < 1.29 is 9.59 Å². The molecule has 1 saturated heterocycles. The van der Waals surface area contributed by atoms with Gasteiger partial charge in [-0.05, 0) is 23.8 Å². The first-order chi connectivity index (χ1) is 18.0. The molecule has 3 heterocycles. The molecule has 9 heteroatoms. The fourth-order valence-electron chi connectivity index (χ4n) is 4.68. The Bertz CT molecular complexity index is 1360. The molecule has 0 saturated carbocycles. The van der Waals surface area contributed by atoms with Crippen molar-refractivity contribution >= 4 is 40.6 Å². The van der Waals surface area contributed by atoms with Crippen LogP contribution in [0.2, 0.25) is 5.02 Å². The first kappa shape index (κ1) is 24.8. The fourth-order valence-corrected chi connectivity index (χ4v) is 4.94. The van der Waals surface area contributed by atoms with Gasteiger partial charge in [-0.15, -0.1) is 0 Å². The third kappa shape index (κ3) is 5.59. The van der Waals surface area contributed by atoms with Crippen molar-refractivity contribution in [3.8, 4) is 11.3 Å². The zero-order valence-electron chi connectivity index (χ0n) is 20.7.